The Bertz CT molecular complexity index is 797. The summed E-state index contributed by atoms with van der Waals surface area (Å²) in [4.78, 5) is 16.1. The van der Waals surface area contributed by atoms with E-state index in [9.17, 15) is 4.79 Å². The van der Waals surface area contributed by atoms with Gasteiger partial charge in [-0.1, -0.05) is 18.2 Å². The fourth-order valence-electron chi connectivity index (χ4n) is 2.41. The predicted molar refractivity (Wildman–Crippen MR) is 122 cm³/mol. The second-order valence-electron chi connectivity index (χ2n) is 5.58. The van der Waals surface area contributed by atoms with Crippen molar-refractivity contribution in [3.63, 3.8) is 0 Å². The normalized spacial score (nSPS) is 10.6. The van der Waals surface area contributed by atoms with Gasteiger partial charge in [-0.15, -0.1) is 0 Å². The van der Waals surface area contributed by atoms with E-state index in [4.69, 9.17) is 10.5 Å². The van der Waals surface area contributed by atoms with Crippen molar-refractivity contribution in [2.45, 2.75) is 13.0 Å². The molecule has 147 valence electrons. The van der Waals surface area contributed by atoms with Crippen LogP contribution in [0.3, 0.4) is 0 Å². The first-order chi connectivity index (χ1) is 13.5. The molecule has 0 heterocycles. The Morgan fingerprint density at radius 2 is 1.93 bits per heavy atom. The van der Waals surface area contributed by atoms with Gasteiger partial charge in [0, 0.05) is 36.6 Å². The molecule has 2 aromatic carbocycles. The van der Waals surface area contributed by atoms with E-state index in [-0.39, 0.29) is 18.2 Å². The Labute approximate surface area is 175 Å². The number of nitrogens with one attached hydrogen (secondary N) is 2. The zero-order chi connectivity index (χ0) is 20.9. The molecule has 0 bridgehead atoms. The summed E-state index contributed by atoms with van der Waals surface area (Å²) >= 11 is 3.45. The molecule has 0 fully saturated rings. The molecule has 0 aliphatic rings. The van der Waals surface area contributed by atoms with Crippen molar-refractivity contribution in [2.75, 3.05) is 26.0 Å². The number of amidine groups is 1. The van der Waals surface area contributed by atoms with E-state index in [2.05, 4.69) is 45.5 Å². The summed E-state index contributed by atoms with van der Waals surface area (Å²) in [7, 11) is 7.68. The van der Waals surface area contributed by atoms with Crippen molar-refractivity contribution < 1.29 is 9.53 Å². The fraction of sp³-hybridized carbons (Fsp3) is 0.250. The molecule has 0 atom stereocenters. The van der Waals surface area contributed by atoms with Crippen LogP contribution in [0.5, 0.6) is 5.75 Å². The van der Waals surface area contributed by atoms with Gasteiger partial charge in [0.15, 0.2) is 0 Å². The number of carbonyl (C=O) groups excluding carboxylic acids is 1. The van der Waals surface area contributed by atoms with Gasteiger partial charge in [0.2, 0.25) is 5.91 Å². The molecule has 8 heteroatoms. The van der Waals surface area contributed by atoms with Crippen molar-refractivity contribution in [2.24, 2.45) is 10.7 Å². The number of benzene rings is 2. The first kappa shape index (κ1) is 23.6. The van der Waals surface area contributed by atoms with Gasteiger partial charge in [-0.2, -0.15) is 4.99 Å². The zero-order valence-corrected chi connectivity index (χ0v) is 17.8. The van der Waals surface area contributed by atoms with Gasteiger partial charge in [0.1, 0.15) is 11.6 Å². The summed E-state index contributed by atoms with van der Waals surface area (Å²) in [6, 6.07) is 13.4. The van der Waals surface area contributed by atoms with Gasteiger partial charge in [-0.05, 0) is 45.8 Å². The minimum absolute atomic E-state index is 0.204. The molecular formula is C20H25BBrN4O2. The van der Waals surface area contributed by atoms with Gasteiger partial charge in [0.05, 0.1) is 12.8 Å². The first-order valence-electron chi connectivity index (χ1n) is 8.63. The van der Waals surface area contributed by atoms with Crippen LogP contribution in [-0.2, 0) is 11.3 Å². The molecule has 6 nitrogen and oxygen atoms in total. The van der Waals surface area contributed by atoms with Crippen molar-refractivity contribution in [3.05, 3.63) is 58.1 Å². The Balaban J connectivity index is 0.00000190. The Morgan fingerprint density at radius 1 is 1.25 bits per heavy atom. The van der Waals surface area contributed by atoms with E-state index in [0.717, 1.165) is 21.5 Å². The third kappa shape index (κ3) is 7.29. The number of para-hydroxylation sites is 1. The van der Waals surface area contributed by atoms with Crippen LogP contribution in [0, 0.1) is 0 Å². The van der Waals surface area contributed by atoms with Crippen LogP contribution in [0.1, 0.15) is 17.5 Å². The summed E-state index contributed by atoms with van der Waals surface area (Å²) in [5, 5.41) is 6.28. The van der Waals surface area contributed by atoms with E-state index in [0.29, 0.717) is 18.7 Å². The van der Waals surface area contributed by atoms with Crippen molar-refractivity contribution in [1.82, 2.24) is 5.32 Å². The second-order valence-corrected chi connectivity index (χ2v) is 6.43. The first-order valence-corrected chi connectivity index (χ1v) is 9.42. The molecule has 2 aromatic rings. The Morgan fingerprint density at radius 3 is 2.54 bits per heavy atom. The molecule has 0 aliphatic heterocycles. The maximum atomic E-state index is 12.1. The van der Waals surface area contributed by atoms with Crippen LogP contribution in [0.25, 0.3) is 0 Å². The van der Waals surface area contributed by atoms with Crippen LogP contribution >= 0.6 is 15.9 Å². The number of carbonyl (C=O) groups is 1. The SMILES string of the molecule is CNc1c(Br)cccc1C(N)=NC(=O)CCNCc1ccc(OC)cc1.[B]=C. The molecule has 0 aromatic heterocycles. The summed E-state index contributed by atoms with van der Waals surface area (Å²) in [6.07, 6.45) is 0.278. The number of hydrogen-bond donors (Lipinski definition) is 3. The Kier molecular flexibility index (Phi) is 10.8. The van der Waals surface area contributed by atoms with E-state index >= 15 is 0 Å². The quantitative estimate of drug-likeness (QED) is 0.252. The van der Waals surface area contributed by atoms with E-state index in [1.165, 1.54) is 0 Å². The van der Waals surface area contributed by atoms with E-state index < -0.39 is 0 Å². The van der Waals surface area contributed by atoms with Gasteiger partial charge >= 0.3 is 14.0 Å². The second kappa shape index (κ2) is 12.9. The third-order valence-electron chi connectivity index (χ3n) is 3.79. The summed E-state index contributed by atoms with van der Waals surface area (Å²) in [6.45, 7) is 3.95. The average molecular weight is 444 g/mol. The van der Waals surface area contributed by atoms with E-state index in [1.807, 2.05) is 42.5 Å². The maximum absolute atomic E-state index is 12.1. The van der Waals surface area contributed by atoms with Gasteiger partial charge < -0.3 is 21.1 Å². The molecule has 1 radical (unpaired) electrons. The number of aliphatic imine (C=N–C) groups is 1. The van der Waals surface area contributed by atoms with Gasteiger partial charge in [-0.3, -0.25) is 4.79 Å². The van der Waals surface area contributed by atoms with E-state index in [1.54, 1.807) is 14.2 Å². The Hall–Kier alpha value is -2.45. The number of halogens is 1. The number of nitrogens with two attached hydrogens (primary N) is 1. The topological polar surface area (TPSA) is 88.7 Å². The van der Waals surface area contributed by atoms with Crippen molar-refractivity contribution in [3.8, 4) is 5.75 Å². The fourth-order valence-corrected chi connectivity index (χ4v) is 2.98. The van der Waals surface area contributed by atoms with Crippen LogP contribution in [0.15, 0.2) is 51.9 Å². The molecule has 28 heavy (non-hydrogen) atoms. The molecular weight excluding hydrogens is 419 g/mol. The number of nitrogens with zero attached hydrogens (tertiary/aromatic N) is 1. The zero-order valence-electron chi connectivity index (χ0n) is 16.2. The summed E-state index contributed by atoms with van der Waals surface area (Å²) in [5.74, 6) is 0.768. The number of hydrogen-bond acceptors (Lipinski definition) is 4. The average Bonchev–Trinajstić information content (AvgIpc) is 2.72. The number of ether oxygens (including phenoxy) is 1. The third-order valence-corrected chi connectivity index (χ3v) is 4.45. The molecule has 0 unspecified atom stereocenters. The van der Waals surface area contributed by atoms with Crippen LogP contribution in [0.2, 0.25) is 0 Å². The molecule has 0 spiro atoms. The minimum atomic E-state index is -0.258. The molecule has 1 amide bonds. The number of methoxy groups -OCH3 is 1. The predicted octanol–water partition coefficient (Wildman–Crippen LogP) is 2.50. The molecule has 0 saturated heterocycles. The monoisotopic (exact) mass is 443 g/mol. The van der Waals surface area contributed by atoms with Crippen LogP contribution in [0.4, 0.5) is 5.69 Å². The van der Waals surface area contributed by atoms with Crippen molar-refractivity contribution >= 4 is 47.3 Å². The molecule has 0 aliphatic carbocycles. The number of rotatable bonds is 8. The molecule has 0 saturated carbocycles. The number of anilines is 1. The summed E-state index contributed by atoms with van der Waals surface area (Å²) < 4.78 is 5.99. The molecule has 4 N–H and O–H groups in total. The summed E-state index contributed by atoms with van der Waals surface area (Å²) in [5.41, 5.74) is 8.62. The van der Waals surface area contributed by atoms with Gasteiger partial charge in [-0.25, -0.2) is 0 Å². The van der Waals surface area contributed by atoms with Crippen LogP contribution < -0.4 is 21.1 Å². The standard InChI is InChI=1S/C19H23BrN4O2.CH2B/c1-22-18-15(4-3-5-16(18)20)19(21)24-17(25)10-11-23-12-13-6-8-14(26-2)9-7-13;1-2/h3-9,22-23H,10-12H2,1-2H3,(H2,21,24,25);1H2. The number of amides is 1. The van der Waals surface area contributed by atoms with Crippen LogP contribution in [-0.4, -0.2) is 46.4 Å². The molecule has 2 rings (SSSR count). The van der Waals surface area contributed by atoms with Crippen molar-refractivity contribution in [1.29, 1.82) is 0 Å². The van der Waals surface area contributed by atoms with Gasteiger partial charge in [0.25, 0.3) is 0 Å².